The number of amides is 1. The molecule has 0 atom stereocenters. The van der Waals surface area contributed by atoms with Gasteiger partial charge in [-0.25, -0.2) is 22.5 Å². The van der Waals surface area contributed by atoms with Crippen molar-refractivity contribution in [2.45, 2.75) is 25.8 Å². The minimum absolute atomic E-state index is 0.000826. The summed E-state index contributed by atoms with van der Waals surface area (Å²) < 4.78 is 54.8. The van der Waals surface area contributed by atoms with Gasteiger partial charge in [-0.3, -0.25) is 9.59 Å². The number of aliphatic carboxylic acids is 1. The van der Waals surface area contributed by atoms with E-state index in [0.717, 1.165) is 24.6 Å². The smallest absolute Gasteiger partial charge is 0.305 e. The summed E-state index contributed by atoms with van der Waals surface area (Å²) in [7, 11) is 0. The van der Waals surface area contributed by atoms with Crippen LogP contribution >= 0.6 is 11.3 Å². The minimum Gasteiger partial charge on any atom is -0.481 e. The van der Waals surface area contributed by atoms with Crippen molar-refractivity contribution in [2.75, 3.05) is 11.4 Å². The number of carbonyl (C=O) groups excluding carboxylic acids is 1. The van der Waals surface area contributed by atoms with Gasteiger partial charge in [0.25, 0.3) is 11.8 Å². The molecule has 4 aromatic rings. The fraction of sp³-hybridized carbons (Fsp3) is 0.179. The van der Waals surface area contributed by atoms with Crippen molar-refractivity contribution in [1.82, 2.24) is 10.3 Å². The molecule has 11 heteroatoms. The van der Waals surface area contributed by atoms with Crippen molar-refractivity contribution in [2.24, 2.45) is 0 Å². The lowest BCUT2D eigenvalue weighted by Crippen LogP contribution is -2.26. The van der Waals surface area contributed by atoms with Gasteiger partial charge in [0.2, 0.25) is 0 Å². The van der Waals surface area contributed by atoms with Crippen molar-refractivity contribution in [3.05, 3.63) is 100 Å². The van der Waals surface area contributed by atoms with Gasteiger partial charge in [0, 0.05) is 41.2 Å². The number of alkyl halides is 2. The normalized spacial score (nSPS) is 11.3. The topological polar surface area (TPSA) is 82.5 Å². The van der Waals surface area contributed by atoms with Crippen molar-refractivity contribution < 1.29 is 32.3 Å². The monoisotopic (exact) mass is 557 g/mol. The zero-order valence-electron chi connectivity index (χ0n) is 20.6. The maximum atomic E-state index is 13.8. The first-order valence-corrected chi connectivity index (χ1v) is 12.6. The van der Waals surface area contributed by atoms with Crippen LogP contribution in [0.4, 0.5) is 28.4 Å². The standard InChI is InChI=1S/C28H23F4N3O3S/c1-28(31,32)20-7-9-21(10-8-20)35(27-34-24(16-39-27)19-6-11-22(29)23(30)14-19)15-17-2-4-18(5-3-17)26(38)33-13-12-25(36)37/h2-11,14,16H,12-13,15H2,1H3,(H,33,38)(H,36,37). The van der Waals surface area contributed by atoms with Crippen LogP contribution in [0.25, 0.3) is 11.3 Å². The summed E-state index contributed by atoms with van der Waals surface area (Å²) in [5, 5.41) is 13.4. The molecule has 1 amide bonds. The van der Waals surface area contributed by atoms with Crippen molar-refractivity contribution in [3.63, 3.8) is 0 Å². The van der Waals surface area contributed by atoms with Crippen LogP contribution in [0.15, 0.2) is 72.1 Å². The number of carboxylic acid groups (broad SMARTS) is 1. The largest absolute Gasteiger partial charge is 0.481 e. The van der Waals surface area contributed by atoms with Gasteiger partial charge >= 0.3 is 5.97 Å². The molecular weight excluding hydrogens is 534 g/mol. The Labute approximate surface area is 225 Å². The van der Waals surface area contributed by atoms with Gasteiger partial charge in [-0.05, 0) is 48.0 Å². The summed E-state index contributed by atoms with van der Waals surface area (Å²) in [6, 6.07) is 15.9. The predicted octanol–water partition coefficient (Wildman–Crippen LogP) is 6.74. The fourth-order valence-corrected chi connectivity index (χ4v) is 4.56. The van der Waals surface area contributed by atoms with E-state index in [9.17, 15) is 27.2 Å². The van der Waals surface area contributed by atoms with Crippen molar-refractivity contribution >= 4 is 34.0 Å². The third kappa shape index (κ3) is 6.99. The fourth-order valence-electron chi connectivity index (χ4n) is 3.71. The zero-order valence-corrected chi connectivity index (χ0v) is 21.4. The Morgan fingerprint density at radius 3 is 2.31 bits per heavy atom. The molecule has 0 aliphatic rings. The average molecular weight is 558 g/mol. The number of nitrogens with one attached hydrogen (secondary N) is 1. The van der Waals surface area contributed by atoms with Crippen molar-refractivity contribution in [3.8, 4) is 11.3 Å². The van der Waals surface area contributed by atoms with Gasteiger partial charge in [-0.15, -0.1) is 11.3 Å². The Morgan fingerprint density at radius 2 is 1.69 bits per heavy atom. The molecule has 0 bridgehead atoms. The maximum Gasteiger partial charge on any atom is 0.305 e. The second-order valence-corrected chi connectivity index (χ2v) is 9.60. The van der Waals surface area contributed by atoms with Gasteiger partial charge in [0.05, 0.1) is 18.7 Å². The molecule has 0 saturated carbocycles. The molecule has 0 spiro atoms. The Balaban J connectivity index is 1.61. The number of carboxylic acids is 1. The number of hydrogen-bond acceptors (Lipinski definition) is 5. The van der Waals surface area contributed by atoms with E-state index in [-0.39, 0.29) is 25.1 Å². The summed E-state index contributed by atoms with van der Waals surface area (Å²) in [5.74, 6) is -6.40. The highest BCUT2D eigenvalue weighted by atomic mass is 32.1. The quantitative estimate of drug-likeness (QED) is 0.211. The summed E-state index contributed by atoms with van der Waals surface area (Å²) in [6.45, 7) is 1.07. The van der Waals surface area contributed by atoms with Gasteiger partial charge in [-0.2, -0.15) is 0 Å². The van der Waals surface area contributed by atoms with E-state index in [4.69, 9.17) is 5.11 Å². The van der Waals surface area contributed by atoms with Gasteiger partial charge in [-0.1, -0.05) is 24.3 Å². The summed E-state index contributed by atoms with van der Waals surface area (Å²) in [5.41, 5.74) is 2.35. The lowest BCUT2D eigenvalue weighted by molar-refractivity contribution is -0.136. The summed E-state index contributed by atoms with van der Waals surface area (Å²) >= 11 is 1.24. The van der Waals surface area contributed by atoms with E-state index >= 15 is 0 Å². The predicted molar refractivity (Wildman–Crippen MR) is 140 cm³/mol. The molecule has 0 unspecified atom stereocenters. The van der Waals surface area contributed by atoms with Crippen LogP contribution in [0.5, 0.6) is 0 Å². The number of rotatable bonds is 10. The van der Waals surface area contributed by atoms with Gasteiger partial charge in [0.1, 0.15) is 0 Å². The van der Waals surface area contributed by atoms with E-state index < -0.39 is 29.4 Å². The Morgan fingerprint density at radius 1 is 1.00 bits per heavy atom. The van der Waals surface area contributed by atoms with Gasteiger partial charge in [0.15, 0.2) is 16.8 Å². The summed E-state index contributed by atoms with van der Waals surface area (Å²) in [6.07, 6.45) is -0.193. The first-order chi connectivity index (χ1) is 18.5. The maximum absolute atomic E-state index is 13.8. The molecule has 0 aliphatic carbocycles. The average Bonchev–Trinajstić information content (AvgIpc) is 3.38. The molecule has 3 aromatic carbocycles. The number of halogens is 4. The van der Waals surface area contributed by atoms with Gasteiger partial charge < -0.3 is 15.3 Å². The highest BCUT2D eigenvalue weighted by Gasteiger charge is 2.24. The molecule has 0 radical (unpaired) electrons. The molecule has 202 valence electrons. The van der Waals surface area contributed by atoms with E-state index in [0.29, 0.717) is 27.6 Å². The first kappa shape index (κ1) is 27.8. The van der Waals surface area contributed by atoms with E-state index in [1.54, 1.807) is 46.7 Å². The van der Waals surface area contributed by atoms with E-state index in [2.05, 4.69) is 10.3 Å². The van der Waals surface area contributed by atoms with Crippen LogP contribution < -0.4 is 10.2 Å². The SMILES string of the molecule is CC(F)(F)c1ccc(N(Cc2ccc(C(=O)NCCC(=O)O)cc2)c2nc(-c3ccc(F)c(F)c3)cs2)cc1. The molecule has 0 fully saturated rings. The van der Waals surface area contributed by atoms with Crippen LogP contribution in [0.3, 0.4) is 0 Å². The van der Waals surface area contributed by atoms with Crippen LogP contribution in [-0.2, 0) is 17.3 Å². The Hall–Kier alpha value is -4.25. The third-order valence-electron chi connectivity index (χ3n) is 5.81. The lowest BCUT2D eigenvalue weighted by Gasteiger charge is -2.23. The number of thiazole rings is 1. The highest BCUT2D eigenvalue weighted by Crippen LogP contribution is 2.35. The van der Waals surface area contributed by atoms with Crippen LogP contribution in [0.1, 0.15) is 34.8 Å². The molecule has 6 nitrogen and oxygen atoms in total. The Kier molecular flexibility index (Phi) is 8.29. The number of hydrogen-bond donors (Lipinski definition) is 2. The second kappa shape index (κ2) is 11.6. The highest BCUT2D eigenvalue weighted by molar-refractivity contribution is 7.14. The first-order valence-electron chi connectivity index (χ1n) is 11.8. The summed E-state index contributed by atoms with van der Waals surface area (Å²) in [4.78, 5) is 29.3. The molecule has 1 heterocycles. The number of nitrogens with zero attached hydrogens (tertiary/aromatic N) is 2. The number of anilines is 2. The van der Waals surface area contributed by atoms with E-state index in [1.165, 1.54) is 29.5 Å². The molecule has 1 aromatic heterocycles. The molecular formula is C28H23F4N3O3S. The second-order valence-electron chi connectivity index (χ2n) is 8.76. The lowest BCUT2D eigenvalue weighted by atomic mass is 10.1. The minimum atomic E-state index is -3.01. The molecule has 39 heavy (non-hydrogen) atoms. The third-order valence-corrected chi connectivity index (χ3v) is 6.67. The molecule has 4 rings (SSSR count). The molecule has 2 N–H and O–H groups in total. The molecule has 0 aliphatic heterocycles. The molecule has 0 saturated heterocycles. The number of carbonyl (C=O) groups is 2. The zero-order chi connectivity index (χ0) is 28.2. The van der Waals surface area contributed by atoms with Crippen LogP contribution in [0.2, 0.25) is 0 Å². The van der Waals surface area contributed by atoms with Crippen LogP contribution in [0, 0.1) is 11.6 Å². The van der Waals surface area contributed by atoms with E-state index in [1.807, 2.05) is 0 Å². The number of benzene rings is 3. The number of aromatic nitrogens is 1. The van der Waals surface area contributed by atoms with Crippen LogP contribution in [-0.4, -0.2) is 28.5 Å². The Bertz CT molecular complexity index is 1470. The van der Waals surface area contributed by atoms with Crippen molar-refractivity contribution in [1.29, 1.82) is 0 Å².